The number of methoxy groups -OCH3 is 1. The lowest BCUT2D eigenvalue weighted by Gasteiger charge is -2.30. The van der Waals surface area contributed by atoms with Gasteiger partial charge in [-0.1, -0.05) is 30.3 Å². The molecule has 2 amide bonds. The number of nitrogens with zero attached hydrogens (tertiary/aromatic N) is 5. The number of fused-ring (bicyclic) bond motifs is 2. The zero-order valence-electron chi connectivity index (χ0n) is 27.2. The summed E-state index contributed by atoms with van der Waals surface area (Å²) in [6.07, 6.45) is -1.38. The number of halogens is 3. The normalized spacial score (nSPS) is 16.5. The van der Waals surface area contributed by atoms with Crippen LogP contribution in [0.1, 0.15) is 66.8 Å². The Bertz CT molecular complexity index is 1530. The Morgan fingerprint density at radius 2 is 1.67 bits per heavy atom. The molecule has 0 saturated carbocycles. The molecule has 0 fully saturated rings. The minimum atomic E-state index is -4.57. The number of hydrogen-bond donors (Lipinski definition) is 0. The van der Waals surface area contributed by atoms with Crippen molar-refractivity contribution in [3.8, 4) is 5.75 Å². The molecule has 11 heteroatoms. The van der Waals surface area contributed by atoms with E-state index >= 15 is 0 Å². The molecule has 0 N–H and O–H groups in total. The number of anilines is 1. The summed E-state index contributed by atoms with van der Waals surface area (Å²) < 4.78 is 48.2. The lowest BCUT2D eigenvalue weighted by Crippen LogP contribution is -2.42. The average molecular weight is 640 g/mol. The lowest BCUT2D eigenvalue weighted by atomic mass is 9.95. The van der Waals surface area contributed by atoms with Crippen LogP contribution in [0.5, 0.6) is 5.75 Å². The summed E-state index contributed by atoms with van der Waals surface area (Å²) in [7, 11) is 1.60. The Balaban J connectivity index is 1.47. The Hall–Kier alpha value is -3.86. The Labute approximate surface area is 269 Å². The van der Waals surface area contributed by atoms with Crippen LogP contribution in [0, 0.1) is 6.92 Å². The number of carbonyl (C=O) groups excluding carboxylic acids is 2. The highest BCUT2D eigenvalue weighted by atomic mass is 19.4. The zero-order valence-corrected chi connectivity index (χ0v) is 27.2. The van der Waals surface area contributed by atoms with Crippen molar-refractivity contribution in [3.63, 3.8) is 0 Å². The summed E-state index contributed by atoms with van der Waals surface area (Å²) in [4.78, 5) is 33.8. The maximum atomic E-state index is 14.0. The van der Waals surface area contributed by atoms with Crippen molar-refractivity contribution in [1.82, 2.24) is 19.6 Å². The molecule has 0 unspecified atom stereocenters. The van der Waals surface area contributed by atoms with Gasteiger partial charge in [0.2, 0.25) is 11.8 Å². The molecule has 0 atom stereocenters. The number of carbonyl (C=O) groups is 2. The molecule has 1 aromatic heterocycles. The van der Waals surface area contributed by atoms with Gasteiger partial charge in [-0.05, 0) is 81.7 Å². The van der Waals surface area contributed by atoms with Gasteiger partial charge in [-0.2, -0.15) is 18.3 Å². The maximum absolute atomic E-state index is 14.0. The van der Waals surface area contributed by atoms with Crippen molar-refractivity contribution >= 4 is 17.5 Å². The van der Waals surface area contributed by atoms with Crippen LogP contribution in [0.2, 0.25) is 0 Å². The Kier molecular flexibility index (Phi) is 10.4. The fourth-order valence-electron chi connectivity index (χ4n) is 6.67. The smallest absolute Gasteiger partial charge is 0.435 e. The average Bonchev–Trinajstić information content (AvgIpc) is 3.38. The second-order valence-electron chi connectivity index (χ2n) is 12.6. The van der Waals surface area contributed by atoms with Crippen molar-refractivity contribution in [1.29, 1.82) is 0 Å². The summed E-state index contributed by atoms with van der Waals surface area (Å²) in [6.45, 7) is 8.39. The molecule has 5 rings (SSSR count). The highest BCUT2D eigenvalue weighted by Crippen LogP contribution is 2.36. The van der Waals surface area contributed by atoms with E-state index in [1.165, 1.54) is 4.68 Å². The standard InChI is InChI=1S/C35H44F3N5O3/c1-24(2)40-17-8-18-42(31(44)21-26-13-15-28(46-4)16-14-26)33-25(3)9-7-10-27(33)22-41(20-19-40)32(45)23-43-30-12-6-5-11-29(30)34(39-43)35(36,37)38/h7,9-10,13-16,24H,5-6,8,11-12,17-23H2,1-4H3. The monoisotopic (exact) mass is 639 g/mol. The molecule has 0 spiro atoms. The summed E-state index contributed by atoms with van der Waals surface area (Å²) >= 11 is 0. The topological polar surface area (TPSA) is 70.9 Å². The summed E-state index contributed by atoms with van der Waals surface area (Å²) in [6, 6.07) is 13.5. The van der Waals surface area contributed by atoms with E-state index in [9.17, 15) is 22.8 Å². The minimum Gasteiger partial charge on any atom is -0.497 e. The first-order valence-corrected chi connectivity index (χ1v) is 16.2. The van der Waals surface area contributed by atoms with Crippen molar-refractivity contribution in [3.05, 3.63) is 76.1 Å². The number of benzene rings is 2. The first-order valence-electron chi connectivity index (χ1n) is 16.2. The molecule has 1 aliphatic carbocycles. The number of hydrogen-bond acceptors (Lipinski definition) is 5. The van der Waals surface area contributed by atoms with Gasteiger partial charge in [0.1, 0.15) is 12.3 Å². The van der Waals surface area contributed by atoms with E-state index in [0.717, 1.165) is 47.5 Å². The van der Waals surface area contributed by atoms with Crippen LogP contribution >= 0.6 is 0 Å². The van der Waals surface area contributed by atoms with Crippen molar-refractivity contribution in [2.45, 2.75) is 84.6 Å². The molecule has 8 nitrogen and oxygen atoms in total. The predicted molar refractivity (Wildman–Crippen MR) is 171 cm³/mol. The van der Waals surface area contributed by atoms with E-state index in [2.05, 4.69) is 23.8 Å². The van der Waals surface area contributed by atoms with Crippen molar-refractivity contribution < 1.29 is 27.5 Å². The quantitative estimate of drug-likeness (QED) is 0.340. The Morgan fingerprint density at radius 3 is 2.37 bits per heavy atom. The SMILES string of the molecule is COc1ccc(CC(=O)N2CCCN(C(C)C)CCN(C(=O)Cn3nc(C(F)(F)F)c4c3CCCC4)Cc3cccc(C)c32)cc1. The number of ether oxygens (including phenoxy) is 1. The molecule has 248 valence electrons. The maximum Gasteiger partial charge on any atom is 0.435 e. The van der Waals surface area contributed by atoms with Gasteiger partial charge in [0.15, 0.2) is 5.69 Å². The van der Waals surface area contributed by atoms with Gasteiger partial charge in [0.25, 0.3) is 0 Å². The first-order chi connectivity index (χ1) is 22.0. The number of aryl methyl sites for hydroxylation is 1. The molecule has 0 radical (unpaired) electrons. The summed E-state index contributed by atoms with van der Waals surface area (Å²) in [5, 5.41) is 3.95. The number of amides is 2. The van der Waals surface area contributed by atoms with E-state index in [1.807, 2.05) is 54.3 Å². The predicted octanol–water partition coefficient (Wildman–Crippen LogP) is 5.82. The highest BCUT2D eigenvalue weighted by Gasteiger charge is 2.40. The third-order valence-corrected chi connectivity index (χ3v) is 9.15. The first kappa shape index (κ1) is 33.5. The molecule has 2 heterocycles. The van der Waals surface area contributed by atoms with Crippen LogP contribution in [0.3, 0.4) is 0 Å². The van der Waals surface area contributed by atoms with Gasteiger partial charge < -0.3 is 14.5 Å². The molecule has 3 aromatic rings. The van der Waals surface area contributed by atoms with E-state index < -0.39 is 11.9 Å². The van der Waals surface area contributed by atoms with E-state index in [4.69, 9.17) is 4.74 Å². The van der Waals surface area contributed by atoms with E-state index in [0.29, 0.717) is 44.6 Å². The molecule has 0 saturated heterocycles. The zero-order chi connectivity index (χ0) is 33.0. The molecular formula is C35H44F3N5O3. The second kappa shape index (κ2) is 14.3. The molecule has 0 bridgehead atoms. The van der Waals surface area contributed by atoms with Gasteiger partial charge in [-0.15, -0.1) is 0 Å². The third kappa shape index (κ3) is 7.57. The van der Waals surface area contributed by atoms with Crippen LogP contribution in [0.15, 0.2) is 42.5 Å². The van der Waals surface area contributed by atoms with Crippen molar-refractivity contribution in [2.75, 3.05) is 38.2 Å². The number of para-hydroxylation sites is 1. The van der Waals surface area contributed by atoms with Crippen molar-refractivity contribution in [2.24, 2.45) is 0 Å². The van der Waals surface area contributed by atoms with Crippen LogP contribution < -0.4 is 9.64 Å². The van der Waals surface area contributed by atoms with Gasteiger partial charge >= 0.3 is 6.18 Å². The van der Waals surface area contributed by atoms with Crippen LogP contribution in [-0.4, -0.2) is 70.7 Å². The van der Waals surface area contributed by atoms with E-state index in [-0.39, 0.29) is 42.9 Å². The molecular weight excluding hydrogens is 595 g/mol. The van der Waals surface area contributed by atoms with Gasteiger partial charge in [-0.25, -0.2) is 0 Å². The summed E-state index contributed by atoms with van der Waals surface area (Å²) in [5.41, 5.74) is 3.27. The van der Waals surface area contributed by atoms with Crippen LogP contribution in [0.4, 0.5) is 18.9 Å². The van der Waals surface area contributed by atoms with Gasteiger partial charge in [0.05, 0.1) is 19.2 Å². The third-order valence-electron chi connectivity index (χ3n) is 9.15. The van der Waals surface area contributed by atoms with Crippen LogP contribution in [-0.2, 0) is 48.1 Å². The second-order valence-corrected chi connectivity index (χ2v) is 12.6. The largest absolute Gasteiger partial charge is 0.497 e. The summed E-state index contributed by atoms with van der Waals surface area (Å²) in [5.74, 6) is 0.379. The fourth-order valence-corrected chi connectivity index (χ4v) is 6.67. The van der Waals surface area contributed by atoms with Gasteiger partial charge in [-0.3, -0.25) is 19.2 Å². The number of rotatable bonds is 6. The molecule has 2 aromatic carbocycles. The fraction of sp³-hybridized carbons (Fsp3) is 0.514. The van der Waals surface area contributed by atoms with Gasteiger partial charge in [0, 0.05) is 50.0 Å². The number of aromatic nitrogens is 2. The van der Waals surface area contributed by atoms with Crippen LogP contribution in [0.25, 0.3) is 0 Å². The highest BCUT2D eigenvalue weighted by molar-refractivity contribution is 5.96. The Morgan fingerprint density at radius 1 is 0.935 bits per heavy atom. The molecule has 2 aliphatic rings. The minimum absolute atomic E-state index is 0.0446. The lowest BCUT2D eigenvalue weighted by molar-refractivity contribution is -0.142. The van der Waals surface area contributed by atoms with E-state index in [1.54, 1.807) is 12.0 Å². The number of alkyl halides is 3. The molecule has 46 heavy (non-hydrogen) atoms. The molecule has 1 aliphatic heterocycles.